The molecule has 4 rings (SSSR count). The molecule has 2 aromatic carbocycles. The number of unbranched alkanes of at least 4 members (excludes halogenated alkanes) is 1. The maximum absolute atomic E-state index is 14.2. The van der Waals surface area contributed by atoms with Gasteiger partial charge in [0.25, 0.3) is 0 Å². The van der Waals surface area contributed by atoms with E-state index in [2.05, 4.69) is 31.6 Å². The van der Waals surface area contributed by atoms with Gasteiger partial charge in [-0.2, -0.15) is 0 Å². The average Bonchev–Trinajstić information content (AvgIpc) is 3.56. The molecule has 1 aromatic heterocycles. The molecule has 1 aliphatic rings. The van der Waals surface area contributed by atoms with E-state index in [0.29, 0.717) is 24.9 Å². The molecule has 0 spiro atoms. The molecule has 54 heavy (non-hydrogen) atoms. The number of aliphatic carboxylic acids is 1. The molecule has 7 unspecified atom stereocenters. The van der Waals surface area contributed by atoms with Gasteiger partial charge in [-0.1, -0.05) is 70.1 Å². The Hall–Kier alpha value is -4.62. The minimum atomic E-state index is -1.57. The second-order valence-corrected chi connectivity index (χ2v) is 15.6. The molecule has 1 saturated heterocycles. The van der Waals surface area contributed by atoms with Crippen molar-refractivity contribution in [2.75, 3.05) is 18.1 Å². The number of aromatic amines is 1. The fourth-order valence-corrected chi connectivity index (χ4v) is 8.06. The number of nitrogens with one attached hydrogen (secondary N) is 6. The van der Waals surface area contributed by atoms with Crippen LogP contribution < -0.4 is 38.1 Å². The highest BCUT2D eigenvalue weighted by Gasteiger charge is 2.35. The first-order chi connectivity index (χ1) is 25.9. The Bertz CT molecular complexity index is 1760. The van der Waals surface area contributed by atoms with E-state index >= 15 is 0 Å². The Morgan fingerprint density at radius 3 is 2.07 bits per heavy atom. The molecule has 1 fully saturated rings. The van der Waals surface area contributed by atoms with Gasteiger partial charge in [0.05, 0.1) is 12.1 Å². The molecule has 7 atom stereocenters. The van der Waals surface area contributed by atoms with Gasteiger partial charge >= 0.3 is 5.97 Å². The van der Waals surface area contributed by atoms with E-state index in [0.717, 1.165) is 38.1 Å². The van der Waals surface area contributed by atoms with Crippen LogP contribution in [-0.4, -0.2) is 111 Å². The monoisotopic (exact) mass is 784 g/mol. The normalized spacial score (nSPS) is 24.7. The Labute approximate surface area is 320 Å². The molecule has 5 amide bonds. The van der Waals surface area contributed by atoms with E-state index in [-0.39, 0.29) is 30.8 Å². The number of hydrogen-bond acceptors (Lipinski definition) is 11. The molecule has 1 aliphatic heterocycles. The molecule has 292 valence electrons. The number of aromatic nitrogens is 1. The predicted octanol–water partition coefficient (Wildman–Crippen LogP) is -0.306. The number of hydrogen-bond donors (Lipinski definition) is 10. The Morgan fingerprint density at radius 2 is 1.39 bits per heavy atom. The molecule has 0 aliphatic carbocycles. The summed E-state index contributed by atoms with van der Waals surface area (Å²) in [6.45, 7) is 1.57. The molecule has 12 N–H and O–H groups in total. The van der Waals surface area contributed by atoms with Crippen molar-refractivity contribution in [1.29, 1.82) is 0 Å². The minimum Gasteiger partial charge on any atom is -0.480 e. The van der Waals surface area contributed by atoms with Crippen LogP contribution in [0.15, 0.2) is 60.8 Å². The van der Waals surface area contributed by atoms with Crippen LogP contribution in [0.25, 0.3) is 10.9 Å². The van der Waals surface area contributed by atoms with Crippen LogP contribution in [-0.2, 0) is 41.6 Å². The van der Waals surface area contributed by atoms with Crippen LogP contribution in [0.5, 0.6) is 0 Å². The van der Waals surface area contributed by atoms with Crippen molar-refractivity contribution < 1.29 is 39.0 Å². The highest BCUT2D eigenvalue weighted by atomic mass is 33.1. The van der Waals surface area contributed by atoms with Gasteiger partial charge in [0.15, 0.2) is 0 Å². The second-order valence-electron chi connectivity index (χ2n) is 13.0. The van der Waals surface area contributed by atoms with Gasteiger partial charge in [0.2, 0.25) is 29.5 Å². The summed E-state index contributed by atoms with van der Waals surface area (Å²) in [7, 11) is 2.14. The summed E-state index contributed by atoms with van der Waals surface area (Å²) in [6, 6.07) is 8.63. The maximum atomic E-state index is 14.2. The van der Waals surface area contributed by atoms with Crippen LogP contribution in [0.2, 0.25) is 0 Å². The molecular formula is C36H48N8O8S2. The van der Waals surface area contributed by atoms with Crippen molar-refractivity contribution in [2.45, 2.75) is 81.4 Å². The van der Waals surface area contributed by atoms with Crippen molar-refractivity contribution >= 4 is 68.0 Å². The van der Waals surface area contributed by atoms with E-state index < -0.39 is 77.9 Å². The third kappa shape index (κ3) is 12.2. The number of para-hydroxylation sites is 1. The molecule has 0 saturated carbocycles. The summed E-state index contributed by atoms with van der Waals surface area (Å²) in [4.78, 5) is 83.9. The number of benzene rings is 2. The SMILES string of the molecule is CC(O)C1NC(=O)C(CCCCN)NC(=O)C(Cc2c[nH]c3ccccc23)NC(=O)C(Cc2ccccc2)NC(=O)C(N)CSSCC(C(=O)O)NC1=O. The standard InChI is InChI=1S/C36H48N8O8S2/c1-20(45)30-35(50)43-29(36(51)52)19-54-53-18-24(38)31(46)41-27(15-21-9-3-2-4-10-21)33(48)42-28(16-22-17-39-25-12-6-5-11-23(22)25)34(49)40-26(32(47)44-30)13-7-8-14-37/h2-6,9-12,17,20,24,26-30,39,45H,7-8,13-16,18-19,37-38H2,1H3,(H,40,49)(H,41,46)(H,42,48)(H,43,50)(H,44,47)(H,51,52). The lowest BCUT2D eigenvalue weighted by atomic mass is 10.0. The van der Waals surface area contributed by atoms with Gasteiger partial charge in [-0.3, -0.25) is 24.0 Å². The van der Waals surface area contributed by atoms with E-state index in [1.165, 1.54) is 6.92 Å². The number of fused-ring (bicyclic) bond motifs is 1. The van der Waals surface area contributed by atoms with E-state index in [1.807, 2.05) is 30.3 Å². The molecule has 16 nitrogen and oxygen atoms in total. The van der Waals surface area contributed by atoms with Crippen molar-refractivity contribution in [3.05, 3.63) is 71.9 Å². The number of carbonyl (C=O) groups is 6. The summed E-state index contributed by atoms with van der Waals surface area (Å²) in [5.74, 6) is -5.29. The van der Waals surface area contributed by atoms with Gasteiger partial charge in [0, 0.05) is 41.4 Å². The van der Waals surface area contributed by atoms with Crippen molar-refractivity contribution in [3.8, 4) is 0 Å². The van der Waals surface area contributed by atoms with E-state index in [4.69, 9.17) is 11.5 Å². The zero-order valence-corrected chi connectivity index (χ0v) is 31.4. The second kappa shape index (κ2) is 20.7. The summed E-state index contributed by atoms with van der Waals surface area (Å²) in [6.07, 6.45) is 1.34. The molecule has 18 heteroatoms. The minimum absolute atomic E-state index is 0.00656. The average molecular weight is 785 g/mol. The summed E-state index contributed by atoms with van der Waals surface area (Å²) >= 11 is 0. The van der Waals surface area contributed by atoms with E-state index in [9.17, 15) is 39.0 Å². The molecule has 2 heterocycles. The number of amides is 5. The molecule has 0 bridgehead atoms. The number of aliphatic hydroxyl groups excluding tert-OH is 1. The van der Waals surface area contributed by atoms with Crippen LogP contribution >= 0.6 is 21.6 Å². The van der Waals surface area contributed by atoms with Crippen LogP contribution in [0.3, 0.4) is 0 Å². The van der Waals surface area contributed by atoms with Gasteiger partial charge in [-0.05, 0) is 49.9 Å². The first kappa shape index (κ1) is 42.1. The first-order valence-corrected chi connectivity index (χ1v) is 20.1. The van der Waals surface area contributed by atoms with Crippen molar-refractivity contribution in [1.82, 2.24) is 31.6 Å². The third-order valence-corrected chi connectivity index (χ3v) is 11.3. The lowest BCUT2D eigenvalue weighted by molar-refractivity contribution is -0.142. The Kier molecular flexibility index (Phi) is 16.2. The zero-order chi connectivity index (χ0) is 39.2. The number of rotatable bonds is 10. The first-order valence-electron chi connectivity index (χ1n) is 17.6. The third-order valence-electron chi connectivity index (χ3n) is 8.81. The Balaban J connectivity index is 1.73. The number of carboxylic acid groups (broad SMARTS) is 1. The summed E-state index contributed by atoms with van der Waals surface area (Å²) in [5.41, 5.74) is 14.1. The lowest BCUT2D eigenvalue weighted by Crippen LogP contribution is -2.61. The summed E-state index contributed by atoms with van der Waals surface area (Å²) < 4.78 is 0. The van der Waals surface area contributed by atoms with Crippen LogP contribution in [0, 0.1) is 0 Å². The molecule has 3 aromatic rings. The maximum Gasteiger partial charge on any atom is 0.327 e. The van der Waals surface area contributed by atoms with Crippen LogP contribution in [0.1, 0.15) is 37.3 Å². The van der Waals surface area contributed by atoms with Gasteiger partial charge < -0.3 is 53.2 Å². The van der Waals surface area contributed by atoms with Gasteiger partial charge in [-0.25, -0.2) is 4.79 Å². The fourth-order valence-electron chi connectivity index (χ4n) is 5.78. The van der Waals surface area contributed by atoms with Crippen molar-refractivity contribution in [2.24, 2.45) is 11.5 Å². The lowest BCUT2D eigenvalue weighted by Gasteiger charge is -2.28. The number of aliphatic hydroxyl groups is 1. The highest BCUT2D eigenvalue weighted by molar-refractivity contribution is 8.76. The number of carbonyl (C=O) groups excluding carboxylic acids is 5. The van der Waals surface area contributed by atoms with Gasteiger partial charge in [-0.15, -0.1) is 0 Å². The topological polar surface area (TPSA) is 271 Å². The smallest absolute Gasteiger partial charge is 0.327 e. The predicted molar refractivity (Wildman–Crippen MR) is 207 cm³/mol. The van der Waals surface area contributed by atoms with Crippen molar-refractivity contribution in [3.63, 3.8) is 0 Å². The molecular weight excluding hydrogens is 737 g/mol. The van der Waals surface area contributed by atoms with E-state index in [1.54, 1.807) is 30.5 Å². The largest absolute Gasteiger partial charge is 0.480 e. The molecule has 0 radical (unpaired) electrons. The summed E-state index contributed by atoms with van der Waals surface area (Å²) in [5, 5.41) is 34.2. The number of H-pyrrole nitrogens is 1. The zero-order valence-electron chi connectivity index (χ0n) is 29.8. The highest BCUT2D eigenvalue weighted by Crippen LogP contribution is 2.23. The number of nitrogens with two attached hydrogens (primary N) is 2. The number of carboxylic acids is 1. The quantitative estimate of drug-likeness (QED) is 0.0938. The fraction of sp³-hybridized carbons (Fsp3) is 0.444. The van der Waals surface area contributed by atoms with Crippen LogP contribution in [0.4, 0.5) is 0 Å². The van der Waals surface area contributed by atoms with Gasteiger partial charge in [0.1, 0.15) is 30.2 Å². The Morgan fingerprint density at radius 1 is 0.778 bits per heavy atom.